The quantitative estimate of drug-likeness (QED) is 0.573. The fraction of sp³-hybridized carbons (Fsp3) is 0.100. The maximum Gasteiger partial charge on any atom is 0.584 e. The van der Waals surface area contributed by atoms with Gasteiger partial charge in [-0.25, -0.2) is 4.57 Å². The molecular weight excluding hydrogens is 351 g/mol. The molecule has 0 fully saturated rings. The summed E-state index contributed by atoms with van der Waals surface area (Å²) in [5.41, 5.74) is 1.03. The minimum atomic E-state index is -4.24. The lowest BCUT2D eigenvalue weighted by molar-refractivity contribution is 0.291. The van der Waals surface area contributed by atoms with Gasteiger partial charge in [-0.15, -0.1) is 0 Å². The van der Waals surface area contributed by atoms with Crippen molar-refractivity contribution >= 4 is 7.82 Å². The van der Waals surface area contributed by atoms with Crippen LogP contribution in [-0.2, 0) is 11.0 Å². The topological polar surface area (TPSA) is 65.0 Å². The number of phosphoric ester groups is 1. The zero-order valence-corrected chi connectivity index (χ0v) is 14.9. The van der Waals surface area contributed by atoms with Gasteiger partial charge in [-0.1, -0.05) is 48.5 Å². The van der Waals surface area contributed by atoms with E-state index in [1.165, 1.54) is 0 Å². The lowest BCUT2D eigenvalue weighted by atomic mass is 10.1. The zero-order chi connectivity index (χ0) is 18.2. The number of phosphoric acid groups is 1. The van der Waals surface area contributed by atoms with Gasteiger partial charge in [-0.05, 0) is 42.0 Å². The highest BCUT2D eigenvalue weighted by Gasteiger charge is 2.24. The van der Waals surface area contributed by atoms with Crippen LogP contribution in [0.2, 0.25) is 0 Å². The van der Waals surface area contributed by atoms with Gasteiger partial charge in [0, 0.05) is 6.42 Å². The molecule has 0 radical (unpaired) electrons. The van der Waals surface area contributed by atoms with Crippen molar-refractivity contribution in [1.29, 1.82) is 0 Å². The highest BCUT2D eigenvalue weighted by molar-refractivity contribution is 7.48. The van der Waals surface area contributed by atoms with Crippen LogP contribution in [0.5, 0.6) is 17.2 Å². The summed E-state index contributed by atoms with van der Waals surface area (Å²) in [6.45, 7) is 0.541. The van der Waals surface area contributed by atoms with Gasteiger partial charge in [-0.2, -0.15) is 0 Å². The summed E-state index contributed by atoms with van der Waals surface area (Å²) in [6, 6.07) is 24.9. The van der Waals surface area contributed by atoms with E-state index in [9.17, 15) is 9.46 Å². The largest absolute Gasteiger partial charge is 0.584 e. The van der Waals surface area contributed by atoms with Crippen LogP contribution in [0.15, 0.2) is 84.9 Å². The van der Waals surface area contributed by atoms with Crippen molar-refractivity contribution < 1.29 is 23.2 Å². The molecule has 134 valence electrons. The second-order valence-electron chi connectivity index (χ2n) is 5.52. The average molecular weight is 370 g/mol. The Hall–Kier alpha value is -2.75. The lowest BCUT2D eigenvalue weighted by Gasteiger charge is -2.14. The number of hydrogen-bond donors (Lipinski definition) is 1. The van der Waals surface area contributed by atoms with Crippen LogP contribution >= 0.6 is 7.82 Å². The van der Waals surface area contributed by atoms with Crippen LogP contribution in [0, 0.1) is 0 Å². The van der Waals surface area contributed by atoms with Crippen LogP contribution in [-0.4, -0.2) is 11.5 Å². The van der Waals surface area contributed by atoms with E-state index in [1.54, 1.807) is 42.5 Å². The Morgan fingerprint density at radius 2 is 1.19 bits per heavy atom. The molecule has 0 aromatic heterocycles. The molecule has 3 rings (SSSR count). The summed E-state index contributed by atoms with van der Waals surface area (Å²) in [5.74, 6) is 1.36. The van der Waals surface area contributed by atoms with Crippen molar-refractivity contribution in [3.05, 3.63) is 90.5 Å². The van der Waals surface area contributed by atoms with Gasteiger partial charge < -0.3 is 13.8 Å². The minimum Gasteiger partial charge on any atom is -0.493 e. The van der Waals surface area contributed by atoms with Gasteiger partial charge in [0.2, 0.25) is 0 Å². The summed E-state index contributed by atoms with van der Waals surface area (Å²) in [6.07, 6.45) is 0.715. The van der Waals surface area contributed by atoms with E-state index in [2.05, 4.69) is 0 Å². The van der Waals surface area contributed by atoms with E-state index in [-0.39, 0.29) is 11.5 Å². The third kappa shape index (κ3) is 5.66. The molecule has 6 heteroatoms. The molecule has 26 heavy (non-hydrogen) atoms. The van der Waals surface area contributed by atoms with Crippen molar-refractivity contribution in [2.75, 3.05) is 6.61 Å². The van der Waals surface area contributed by atoms with Crippen LogP contribution in [0.4, 0.5) is 0 Å². The molecule has 0 spiro atoms. The Bertz CT molecular complexity index is 850. The molecule has 0 bridgehead atoms. The summed E-state index contributed by atoms with van der Waals surface area (Å²) < 4.78 is 27.8. The summed E-state index contributed by atoms with van der Waals surface area (Å²) in [4.78, 5) is 9.85. The van der Waals surface area contributed by atoms with Crippen molar-refractivity contribution in [2.45, 2.75) is 6.42 Å². The highest BCUT2D eigenvalue weighted by atomic mass is 31.2. The molecule has 0 saturated carbocycles. The number of hydrogen-bond acceptors (Lipinski definition) is 4. The predicted octanol–water partition coefficient (Wildman–Crippen LogP) is 4.87. The van der Waals surface area contributed by atoms with Gasteiger partial charge in [0.25, 0.3) is 0 Å². The molecule has 0 aliphatic heterocycles. The van der Waals surface area contributed by atoms with E-state index in [1.807, 2.05) is 42.5 Å². The third-order valence-electron chi connectivity index (χ3n) is 3.51. The predicted molar refractivity (Wildman–Crippen MR) is 99.6 cm³/mol. The molecular formula is C20H19O5P. The molecule has 3 aromatic carbocycles. The van der Waals surface area contributed by atoms with Crippen molar-refractivity contribution in [2.24, 2.45) is 0 Å². The maximum absolute atomic E-state index is 12.1. The second-order valence-corrected chi connectivity index (χ2v) is 6.82. The molecule has 0 aliphatic rings. The van der Waals surface area contributed by atoms with Gasteiger partial charge in [0.15, 0.2) is 0 Å². The normalized spacial score (nSPS) is 12.8. The van der Waals surface area contributed by atoms with Gasteiger partial charge in [0.05, 0.1) is 6.61 Å². The van der Waals surface area contributed by atoms with Crippen molar-refractivity contribution in [3.63, 3.8) is 0 Å². The maximum atomic E-state index is 12.1. The monoisotopic (exact) mass is 370 g/mol. The van der Waals surface area contributed by atoms with Gasteiger partial charge in [-0.3, -0.25) is 4.89 Å². The van der Waals surface area contributed by atoms with E-state index in [4.69, 9.17) is 13.8 Å². The van der Waals surface area contributed by atoms with Crippen LogP contribution in [0.1, 0.15) is 5.56 Å². The van der Waals surface area contributed by atoms with Crippen molar-refractivity contribution in [3.8, 4) is 17.2 Å². The number of rotatable bonds is 8. The van der Waals surface area contributed by atoms with Crippen molar-refractivity contribution in [1.82, 2.24) is 0 Å². The molecule has 5 nitrogen and oxygen atoms in total. The molecule has 0 heterocycles. The first kappa shape index (κ1) is 18.1. The molecule has 1 unspecified atom stereocenters. The standard InChI is InChI=1S/C20H19O5P/c21-26(22,24-19-9-5-2-6-10-19)25-20-13-11-17(12-14-20)15-16-23-18-7-3-1-4-8-18/h1-14H,15-16H2,(H,21,22). The molecule has 1 atom stereocenters. The first-order valence-electron chi connectivity index (χ1n) is 8.15. The van der Waals surface area contributed by atoms with E-state index in [0.717, 1.165) is 11.3 Å². The summed E-state index contributed by atoms with van der Waals surface area (Å²) >= 11 is 0. The zero-order valence-electron chi connectivity index (χ0n) is 14.0. The molecule has 1 N–H and O–H groups in total. The van der Waals surface area contributed by atoms with E-state index in [0.29, 0.717) is 13.0 Å². The van der Waals surface area contributed by atoms with Gasteiger partial charge >= 0.3 is 7.82 Å². The van der Waals surface area contributed by atoms with Gasteiger partial charge in [0.1, 0.15) is 17.2 Å². The Morgan fingerprint density at radius 3 is 1.77 bits per heavy atom. The Balaban J connectivity index is 1.51. The number of ether oxygens (including phenoxy) is 1. The number of benzene rings is 3. The summed E-state index contributed by atoms with van der Waals surface area (Å²) in [7, 11) is -4.24. The number of para-hydroxylation sites is 2. The van der Waals surface area contributed by atoms with Crippen LogP contribution in [0.25, 0.3) is 0 Å². The first-order chi connectivity index (χ1) is 12.6. The SMILES string of the molecule is O=P(O)(Oc1ccccc1)Oc1ccc(CCOc2ccccc2)cc1. The fourth-order valence-electron chi connectivity index (χ4n) is 2.29. The summed E-state index contributed by atoms with van der Waals surface area (Å²) in [5, 5.41) is 0. The van der Waals surface area contributed by atoms with Crippen LogP contribution in [0.3, 0.4) is 0 Å². The molecule has 0 saturated heterocycles. The Kier molecular flexibility index (Phi) is 5.95. The van der Waals surface area contributed by atoms with Crippen LogP contribution < -0.4 is 13.8 Å². The highest BCUT2D eigenvalue weighted by Crippen LogP contribution is 2.44. The first-order valence-corrected chi connectivity index (χ1v) is 9.64. The smallest absolute Gasteiger partial charge is 0.493 e. The molecule has 0 aliphatic carbocycles. The molecule has 3 aromatic rings. The lowest BCUT2D eigenvalue weighted by Crippen LogP contribution is -2.02. The molecule has 0 amide bonds. The average Bonchev–Trinajstić information content (AvgIpc) is 2.64. The third-order valence-corrected chi connectivity index (χ3v) is 4.39. The Labute approximate surface area is 152 Å². The Morgan fingerprint density at radius 1 is 0.692 bits per heavy atom. The van der Waals surface area contributed by atoms with E-state index >= 15 is 0 Å². The second kappa shape index (κ2) is 8.56. The minimum absolute atomic E-state index is 0.263. The van der Waals surface area contributed by atoms with E-state index < -0.39 is 7.82 Å². The fourth-order valence-corrected chi connectivity index (χ4v) is 3.10.